The molecular weight excluding hydrogens is 370 g/mol. The summed E-state index contributed by atoms with van der Waals surface area (Å²) in [4.78, 5) is 37.1. The molecule has 0 fully saturated rings. The second kappa shape index (κ2) is 7.54. The lowest BCUT2D eigenvalue weighted by Gasteiger charge is -2.14. The Hall–Kier alpha value is -3.41. The van der Waals surface area contributed by atoms with E-state index < -0.39 is 18.0 Å². The predicted octanol–water partition coefficient (Wildman–Crippen LogP) is 3.77. The van der Waals surface area contributed by atoms with Gasteiger partial charge < -0.3 is 14.5 Å². The van der Waals surface area contributed by atoms with Crippen molar-refractivity contribution in [3.05, 3.63) is 75.1 Å². The van der Waals surface area contributed by atoms with E-state index in [9.17, 15) is 14.4 Å². The molecule has 0 radical (unpaired) electrons. The Bertz CT molecular complexity index is 1180. The van der Waals surface area contributed by atoms with Crippen LogP contribution in [0, 0.1) is 6.92 Å². The molecule has 0 saturated carbocycles. The molecule has 0 unspecified atom stereocenters. The Morgan fingerprint density at radius 2 is 1.86 bits per heavy atom. The number of rotatable bonds is 4. The van der Waals surface area contributed by atoms with Crippen LogP contribution in [-0.4, -0.2) is 18.0 Å². The first kappa shape index (κ1) is 18.9. The second-order valence-electron chi connectivity index (χ2n) is 7.35. The number of fused-ring (bicyclic) bond motifs is 2. The van der Waals surface area contributed by atoms with Crippen molar-refractivity contribution in [2.75, 3.05) is 5.32 Å². The number of hydrogen-bond acceptors (Lipinski definition) is 5. The summed E-state index contributed by atoms with van der Waals surface area (Å²) >= 11 is 0. The van der Waals surface area contributed by atoms with E-state index in [0.717, 1.165) is 30.9 Å². The minimum Gasteiger partial charge on any atom is -0.449 e. The zero-order valence-corrected chi connectivity index (χ0v) is 16.3. The van der Waals surface area contributed by atoms with Crippen LogP contribution in [0.25, 0.3) is 11.0 Å². The van der Waals surface area contributed by atoms with Crippen LogP contribution in [-0.2, 0) is 22.4 Å². The Kier molecular flexibility index (Phi) is 4.92. The number of amides is 1. The molecule has 1 N–H and O–H groups in total. The van der Waals surface area contributed by atoms with Gasteiger partial charge in [-0.05, 0) is 68.5 Å². The van der Waals surface area contributed by atoms with Gasteiger partial charge in [0.2, 0.25) is 5.76 Å². The zero-order valence-electron chi connectivity index (χ0n) is 16.3. The third-order valence-corrected chi connectivity index (χ3v) is 5.10. The lowest BCUT2D eigenvalue weighted by molar-refractivity contribution is -0.123. The number of ether oxygens (including phenoxy) is 1. The SMILES string of the molecule is Cc1ccc2oc(C(=O)O[C@@H](C)C(=O)Nc3ccc4c(c3)CCC4)cc(=O)c2c1. The van der Waals surface area contributed by atoms with E-state index in [1.54, 1.807) is 18.2 Å². The number of carbonyl (C=O) groups excluding carboxylic acids is 2. The highest BCUT2D eigenvalue weighted by molar-refractivity contribution is 5.97. The minimum absolute atomic E-state index is 0.233. The first-order valence-electron chi connectivity index (χ1n) is 9.59. The summed E-state index contributed by atoms with van der Waals surface area (Å²) in [6.45, 7) is 3.34. The van der Waals surface area contributed by atoms with Crippen molar-refractivity contribution >= 4 is 28.5 Å². The van der Waals surface area contributed by atoms with Crippen LogP contribution in [0.15, 0.2) is 51.7 Å². The maximum absolute atomic E-state index is 12.4. The molecule has 0 aliphatic heterocycles. The number of hydrogen-bond donors (Lipinski definition) is 1. The van der Waals surface area contributed by atoms with E-state index >= 15 is 0 Å². The molecule has 1 aromatic heterocycles. The molecule has 1 aliphatic rings. The largest absolute Gasteiger partial charge is 0.449 e. The van der Waals surface area contributed by atoms with Gasteiger partial charge in [0.05, 0.1) is 5.39 Å². The maximum atomic E-state index is 12.4. The van der Waals surface area contributed by atoms with E-state index in [1.165, 1.54) is 18.1 Å². The molecule has 0 spiro atoms. The van der Waals surface area contributed by atoms with Crippen LogP contribution in [0.3, 0.4) is 0 Å². The number of nitrogens with one attached hydrogen (secondary N) is 1. The highest BCUT2D eigenvalue weighted by Crippen LogP contribution is 2.25. The van der Waals surface area contributed by atoms with Crippen molar-refractivity contribution in [2.24, 2.45) is 0 Å². The van der Waals surface area contributed by atoms with Gasteiger partial charge in [0, 0.05) is 11.8 Å². The fourth-order valence-electron chi connectivity index (χ4n) is 3.54. The molecule has 4 rings (SSSR count). The molecule has 1 atom stereocenters. The highest BCUT2D eigenvalue weighted by atomic mass is 16.6. The van der Waals surface area contributed by atoms with Crippen LogP contribution in [0.1, 0.15) is 40.6 Å². The van der Waals surface area contributed by atoms with Gasteiger partial charge >= 0.3 is 5.97 Å². The van der Waals surface area contributed by atoms with Gasteiger partial charge in [-0.25, -0.2) is 4.79 Å². The molecule has 29 heavy (non-hydrogen) atoms. The van der Waals surface area contributed by atoms with Gasteiger partial charge in [-0.2, -0.15) is 0 Å². The molecule has 6 heteroatoms. The summed E-state index contributed by atoms with van der Waals surface area (Å²) in [5.41, 5.74) is 4.09. The van der Waals surface area contributed by atoms with Crippen LogP contribution >= 0.6 is 0 Å². The van der Waals surface area contributed by atoms with Gasteiger partial charge in [-0.3, -0.25) is 9.59 Å². The van der Waals surface area contributed by atoms with Crippen LogP contribution in [0.2, 0.25) is 0 Å². The average molecular weight is 391 g/mol. The number of benzene rings is 2. The maximum Gasteiger partial charge on any atom is 0.375 e. The Labute approximate surface area is 167 Å². The van der Waals surface area contributed by atoms with Crippen molar-refractivity contribution in [1.29, 1.82) is 0 Å². The van der Waals surface area contributed by atoms with Crippen molar-refractivity contribution in [3.8, 4) is 0 Å². The number of aryl methyl sites for hydroxylation is 3. The molecule has 1 heterocycles. The third kappa shape index (κ3) is 3.92. The summed E-state index contributed by atoms with van der Waals surface area (Å²) in [5.74, 6) is -1.54. The standard InChI is InChI=1S/C23H21NO5/c1-13-6-9-20-18(10-13)19(25)12-21(29-20)23(27)28-14(2)22(26)24-17-8-7-15-4-3-5-16(15)11-17/h6-12,14H,3-5H2,1-2H3,(H,24,26)/t14-/m0/s1. The van der Waals surface area contributed by atoms with Crippen molar-refractivity contribution < 1.29 is 18.7 Å². The van der Waals surface area contributed by atoms with Crippen molar-refractivity contribution in [2.45, 2.75) is 39.2 Å². The van der Waals surface area contributed by atoms with Crippen molar-refractivity contribution in [1.82, 2.24) is 0 Å². The molecule has 148 valence electrons. The van der Waals surface area contributed by atoms with Gasteiger partial charge in [0.15, 0.2) is 11.5 Å². The molecule has 3 aromatic rings. The van der Waals surface area contributed by atoms with E-state index in [4.69, 9.17) is 9.15 Å². The molecule has 2 aromatic carbocycles. The van der Waals surface area contributed by atoms with E-state index in [0.29, 0.717) is 16.7 Å². The normalized spacial score (nSPS) is 13.7. The fraction of sp³-hybridized carbons (Fsp3) is 0.261. The van der Waals surface area contributed by atoms with Crippen LogP contribution < -0.4 is 10.7 Å². The Morgan fingerprint density at radius 3 is 2.69 bits per heavy atom. The lowest BCUT2D eigenvalue weighted by atomic mass is 10.1. The summed E-state index contributed by atoms with van der Waals surface area (Å²) < 4.78 is 10.7. The number of esters is 1. The summed E-state index contributed by atoms with van der Waals surface area (Å²) in [7, 11) is 0. The van der Waals surface area contributed by atoms with Gasteiger partial charge in [-0.15, -0.1) is 0 Å². The summed E-state index contributed by atoms with van der Waals surface area (Å²) in [6, 6.07) is 12.0. The molecular formula is C23H21NO5. The zero-order chi connectivity index (χ0) is 20.5. The first-order chi connectivity index (χ1) is 13.9. The van der Waals surface area contributed by atoms with Gasteiger partial charge in [-0.1, -0.05) is 17.7 Å². The van der Waals surface area contributed by atoms with Crippen LogP contribution in [0.4, 0.5) is 5.69 Å². The Morgan fingerprint density at radius 1 is 1.07 bits per heavy atom. The van der Waals surface area contributed by atoms with Crippen LogP contribution in [0.5, 0.6) is 0 Å². The topological polar surface area (TPSA) is 85.6 Å². The predicted molar refractivity (Wildman–Crippen MR) is 109 cm³/mol. The molecule has 6 nitrogen and oxygen atoms in total. The summed E-state index contributed by atoms with van der Waals surface area (Å²) in [6.07, 6.45) is 2.14. The molecule has 0 saturated heterocycles. The summed E-state index contributed by atoms with van der Waals surface area (Å²) in [5, 5.41) is 3.16. The Balaban J connectivity index is 1.46. The first-order valence-corrected chi connectivity index (χ1v) is 9.59. The highest BCUT2D eigenvalue weighted by Gasteiger charge is 2.22. The second-order valence-corrected chi connectivity index (χ2v) is 7.35. The van der Waals surface area contributed by atoms with E-state index in [2.05, 4.69) is 5.32 Å². The fourth-order valence-corrected chi connectivity index (χ4v) is 3.54. The molecule has 1 aliphatic carbocycles. The molecule has 0 bridgehead atoms. The lowest BCUT2D eigenvalue weighted by Crippen LogP contribution is -2.30. The van der Waals surface area contributed by atoms with Gasteiger partial charge in [0.1, 0.15) is 5.58 Å². The molecule has 1 amide bonds. The average Bonchev–Trinajstić information content (AvgIpc) is 3.16. The number of carbonyl (C=O) groups is 2. The third-order valence-electron chi connectivity index (χ3n) is 5.10. The monoisotopic (exact) mass is 391 g/mol. The van der Waals surface area contributed by atoms with Gasteiger partial charge in [0.25, 0.3) is 5.91 Å². The van der Waals surface area contributed by atoms with E-state index in [1.807, 2.05) is 25.1 Å². The smallest absolute Gasteiger partial charge is 0.375 e. The number of anilines is 1. The van der Waals surface area contributed by atoms with Crippen molar-refractivity contribution in [3.63, 3.8) is 0 Å². The minimum atomic E-state index is -1.05. The van der Waals surface area contributed by atoms with E-state index in [-0.39, 0.29) is 11.2 Å². The quantitative estimate of drug-likeness (QED) is 0.684.